The van der Waals surface area contributed by atoms with Crippen molar-refractivity contribution in [3.05, 3.63) is 58.4 Å². The Morgan fingerprint density at radius 3 is 2.85 bits per heavy atom. The summed E-state index contributed by atoms with van der Waals surface area (Å²) in [5.74, 6) is -0.361. The standard InChI is InChI=1S/C15H14ClNO3/c1-2-10-8-12(6-7-13(10)16)20-9-11-4-3-5-14(17-11)15(18)19/h3-8H,2,9H2,1H3,(H,18,19). The molecule has 1 aromatic heterocycles. The van der Waals surface area contributed by atoms with Crippen molar-refractivity contribution in [1.29, 1.82) is 0 Å². The number of aromatic carboxylic acids is 1. The number of rotatable bonds is 5. The van der Waals surface area contributed by atoms with Gasteiger partial charge in [-0.25, -0.2) is 9.78 Å². The largest absolute Gasteiger partial charge is 0.487 e. The van der Waals surface area contributed by atoms with Crippen molar-refractivity contribution in [3.63, 3.8) is 0 Å². The first-order valence-corrected chi connectivity index (χ1v) is 6.58. The number of carbonyl (C=O) groups is 1. The van der Waals surface area contributed by atoms with Crippen molar-refractivity contribution in [2.75, 3.05) is 0 Å². The van der Waals surface area contributed by atoms with E-state index < -0.39 is 5.97 Å². The molecule has 0 aliphatic rings. The molecule has 1 heterocycles. The van der Waals surface area contributed by atoms with Crippen LogP contribution in [0.15, 0.2) is 36.4 Å². The smallest absolute Gasteiger partial charge is 0.354 e. The second kappa shape index (κ2) is 6.39. The molecular formula is C15H14ClNO3. The molecule has 5 heteroatoms. The normalized spacial score (nSPS) is 10.3. The fourth-order valence-corrected chi connectivity index (χ4v) is 2.00. The van der Waals surface area contributed by atoms with Crippen LogP contribution in [0, 0.1) is 0 Å². The van der Waals surface area contributed by atoms with Gasteiger partial charge in [-0.15, -0.1) is 0 Å². The van der Waals surface area contributed by atoms with Gasteiger partial charge in [-0.05, 0) is 42.3 Å². The lowest BCUT2D eigenvalue weighted by Crippen LogP contribution is -2.05. The molecule has 2 rings (SSSR count). The van der Waals surface area contributed by atoms with Crippen LogP contribution in [0.5, 0.6) is 5.75 Å². The number of benzene rings is 1. The fraction of sp³-hybridized carbons (Fsp3) is 0.200. The third kappa shape index (κ3) is 3.48. The van der Waals surface area contributed by atoms with Gasteiger partial charge in [0, 0.05) is 5.02 Å². The van der Waals surface area contributed by atoms with Gasteiger partial charge in [0.2, 0.25) is 0 Å². The first kappa shape index (κ1) is 14.3. The second-order valence-electron chi connectivity index (χ2n) is 4.21. The number of hydrogen-bond donors (Lipinski definition) is 1. The van der Waals surface area contributed by atoms with Gasteiger partial charge in [-0.1, -0.05) is 24.6 Å². The number of nitrogens with zero attached hydrogens (tertiary/aromatic N) is 1. The van der Waals surface area contributed by atoms with Crippen LogP contribution in [-0.4, -0.2) is 16.1 Å². The Morgan fingerprint density at radius 1 is 1.35 bits per heavy atom. The lowest BCUT2D eigenvalue weighted by Gasteiger charge is -2.08. The lowest BCUT2D eigenvalue weighted by molar-refractivity contribution is 0.0690. The first-order valence-electron chi connectivity index (χ1n) is 6.20. The molecule has 0 saturated carbocycles. The third-order valence-corrected chi connectivity index (χ3v) is 3.18. The second-order valence-corrected chi connectivity index (χ2v) is 4.62. The SMILES string of the molecule is CCc1cc(OCc2cccc(C(=O)O)n2)ccc1Cl. The number of ether oxygens (including phenoxy) is 1. The van der Waals surface area contributed by atoms with Crippen molar-refractivity contribution < 1.29 is 14.6 Å². The lowest BCUT2D eigenvalue weighted by atomic mass is 10.1. The first-order chi connectivity index (χ1) is 9.60. The van der Waals surface area contributed by atoms with Crippen molar-refractivity contribution in [2.45, 2.75) is 20.0 Å². The maximum absolute atomic E-state index is 10.8. The van der Waals surface area contributed by atoms with E-state index in [0.29, 0.717) is 16.5 Å². The van der Waals surface area contributed by atoms with Gasteiger partial charge < -0.3 is 9.84 Å². The molecule has 0 amide bonds. The third-order valence-electron chi connectivity index (χ3n) is 2.81. The summed E-state index contributed by atoms with van der Waals surface area (Å²) >= 11 is 6.04. The summed E-state index contributed by atoms with van der Waals surface area (Å²) in [5, 5.41) is 9.59. The quantitative estimate of drug-likeness (QED) is 0.915. The van der Waals surface area contributed by atoms with E-state index in [2.05, 4.69) is 4.98 Å². The summed E-state index contributed by atoms with van der Waals surface area (Å²) in [7, 11) is 0. The monoisotopic (exact) mass is 291 g/mol. The van der Waals surface area contributed by atoms with Gasteiger partial charge in [-0.2, -0.15) is 0 Å². The van der Waals surface area contributed by atoms with Crippen molar-refractivity contribution >= 4 is 17.6 Å². The highest BCUT2D eigenvalue weighted by Gasteiger charge is 2.06. The van der Waals surface area contributed by atoms with E-state index in [0.717, 1.165) is 12.0 Å². The van der Waals surface area contributed by atoms with E-state index in [1.54, 1.807) is 24.3 Å². The predicted molar refractivity (Wildman–Crippen MR) is 76.4 cm³/mol. The zero-order valence-corrected chi connectivity index (χ0v) is 11.7. The summed E-state index contributed by atoms with van der Waals surface area (Å²) in [6, 6.07) is 10.3. The van der Waals surface area contributed by atoms with Crippen LogP contribution in [0.4, 0.5) is 0 Å². The number of aromatic nitrogens is 1. The van der Waals surface area contributed by atoms with E-state index in [1.807, 2.05) is 13.0 Å². The number of carboxylic acids is 1. The maximum Gasteiger partial charge on any atom is 0.354 e. The summed E-state index contributed by atoms with van der Waals surface area (Å²) in [5.41, 5.74) is 1.59. The highest BCUT2D eigenvalue weighted by molar-refractivity contribution is 6.31. The van der Waals surface area contributed by atoms with Crippen LogP contribution in [0.2, 0.25) is 5.02 Å². The molecule has 0 fully saturated rings. The van der Waals surface area contributed by atoms with E-state index in [9.17, 15) is 4.79 Å². The number of hydrogen-bond acceptors (Lipinski definition) is 3. The van der Waals surface area contributed by atoms with E-state index >= 15 is 0 Å². The van der Waals surface area contributed by atoms with Crippen LogP contribution in [-0.2, 0) is 13.0 Å². The van der Waals surface area contributed by atoms with Gasteiger partial charge in [0.1, 0.15) is 18.1 Å². The average molecular weight is 292 g/mol. The molecule has 0 bridgehead atoms. The van der Waals surface area contributed by atoms with Gasteiger partial charge >= 0.3 is 5.97 Å². The molecule has 2 aromatic rings. The minimum Gasteiger partial charge on any atom is -0.487 e. The van der Waals surface area contributed by atoms with Gasteiger partial charge in [0.05, 0.1) is 5.69 Å². The summed E-state index contributed by atoms with van der Waals surface area (Å²) < 4.78 is 5.61. The topological polar surface area (TPSA) is 59.4 Å². The molecule has 0 radical (unpaired) electrons. The Kier molecular flexibility index (Phi) is 4.58. The molecule has 4 nitrogen and oxygen atoms in total. The summed E-state index contributed by atoms with van der Waals surface area (Å²) in [6.07, 6.45) is 0.822. The molecule has 104 valence electrons. The summed E-state index contributed by atoms with van der Waals surface area (Å²) in [4.78, 5) is 14.8. The van der Waals surface area contributed by atoms with Gasteiger partial charge in [0.15, 0.2) is 0 Å². The van der Waals surface area contributed by atoms with E-state index in [4.69, 9.17) is 21.4 Å². The number of aryl methyl sites for hydroxylation is 1. The van der Waals surface area contributed by atoms with Crippen LogP contribution < -0.4 is 4.74 Å². The van der Waals surface area contributed by atoms with Gasteiger partial charge in [0.25, 0.3) is 0 Å². The van der Waals surface area contributed by atoms with Crippen molar-refractivity contribution in [3.8, 4) is 5.75 Å². The Hall–Kier alpha value is -2.07. The molecule has 0 spiro atoms. The van der Waals surface area contributed by atoms with E-state index in [1.165, 1.54) is 6.07 Å². The molecule has 0 aliphatic heterocycles. The molecule has 1 aromatic carbocycles. The Bertz CT molecular complexity index is 628. The molecule has 0 saturated heterocycles. The Balaban J connectivity index is 2.08. The molecule has 20 heavy (non-hydrogen) atoms. The molecule has 1 N–H and O–H groups in total. The molecule has 0 unspecified atom stereocenters. The molecular weight excluding hydrogens is 278 g/mol. The number of halogens is 1. The van der Waals surface area contributed by atoms with Crippen LogP contribution in [0.3, 0.4) is 0 Å². The van der Waals surface area contributed by atoms with E-state index in [-0.39, 0.29) is 12.3 Å². The minimum atomic E-state index is -1.05. The fourth-order valence-electron chi connectivity index (χ4n) is 1.75. The summed E-state index contributed by atoms with van der Waals surface area (Å²) in [6.45, 7) is 2.23. The number of pyridine rings is 1. The Labute approximate surface area is 122 Å². The highest BCUT2D eigenvalue weighted by Crippen LogP contribution is 2.23. The highest BCUT2D eigenvalue weighted by atomic mass is 35.5. The van der Waals surface area contributed by atoms with Crippen LogP contribution in [0.25, 0.3) is 0 Å². The number of carboxylic acid groups (broad SMARTS) is 1. The van der Waals surface area contributed by atoms with Gasteiger partial charge in [-0.3, -0.25) is 0 Å². The van der Waals surface area contributed by atoms with Crippen LogP contribution in [0.1, 0.15) is 28.7 Å². The average Bonchev–Trinajstić information content (AvgIpc) is 2.46. The molecule has 0 aliphatic carbocycles. The molecule has 0 atom stereocenters. The van der Waals surface area contributed by atoms with Crippen LogP contribution >= 0.6 is 11.6 Å². The maximum atomic E-state index is 10.8. The zero-order chi connectivity index (χ0) is 14.5. The Morgan fingerprint density at radius 2 is 2.15 bits per heavy atom. The van der Waals surface area contributed by atoms with Crippen molar-refractivity contribution in [1.82, 2.24) is 4.98 Å². The predicted octanol–water partition coefficient (Wildman–Crippen LogP) is 3.57. The minimum absolute atomic E-state index is 0.0106. The zero-order valence-electron chi connectivity index (χ0n) is 11.0. The van der Waals surface area contributed by atoms with Crippen molar-refractivity contribution in [2.24, 2.45) is 0 Å².